The minimum absolute atomic E-state index is 0.730. The average molecular weight is 893 g/mol. The Labute approximate surface area is 393 Å². The van der Waals surface area contributed by atoms with E-state index in [9.17, 15) is 0 Å². The lowest BCUT2D eigenvalue weighted by Gasteiger charge is -2.08. The van der Waals surface area contributed by atoms with Crippen molar-refractivity contribution in [2.75, 3.05) is 0 Å². The minimum Gasteiger partial charge on any atom is -0.252 e. The molecule has 0 bridgehead atoms. The van der Waals surface area contributed by atoms with E-state index < -0.39 is 0 Å². The van der Waals surface area contributed by atoms with E-state index in [0.29, 0.717) is 0 Å². The molecule has 12 nitrogen and oxygen atoms in total. The van der Waals surface area contributed by atoms with Gasteiger partial charge in [-0.1, -0.05) is 144 Å². The largest absolute Gasteiger partial charge is 0.252 e. The lowest BCUT2D eigenvalue weighted by atomic mass is 10.1. The molecule has 4 heterocycles. The number of nitrogens with zero attached hydrogens (tertiary/aromatic N) is 12. The summed E-state index contributed by atoms with van der Waals surface area (Å²) in [6.45, 7) is 40.1. The quantitative estimate of drug-likeness (QED) is 0.0517. The maximum Gasteiger partial charge on any atom is 0.0827 e. The van der Waals surface area contributed by atoms with Gasteiger partial charge in [0.25, 0.3) is 0 Å². The molecule has 64 heavy (non-hydrogen) atoms. The normalized spacial score (nSPS) is 11.6. The van der Waals surface area contributed by atoms with Crippen LogP contribution in [0.5, 0.6) is 0 Å². The lowest BCUT2D eigenvalue weighted by molar-refractivity contribution is 0.466. The molecular weight excluding hydrogens is 793 g/mol. The van der Waals surface area contributed by atoms with E-state index in [0.717, 1.165) is 111 Å². The van der Waals surface area contributed by atoms with Gasteiger partial charge in [0.15, 0.2) is 0 Å². The summed E-state index contributed by atoms with van der Waals surface area (Å²) in [5, 5.41) is 33.0. The van der Waals surface area contributed by atoms with Crippen molar-refractivity contribution in [1.29, 1.82) is 0 Å². The molecule has 0 amide bonds. The molecule has 0 radical (unpaired) electrons. The van der Waals surface area contributed by atoms with E-state index in [4.69, 9.17) is 0 Å². The van der Waals surface area contributed by atoms with Gasteiger partial charge >= 0.3 is 0 Å². The minimum atomic E-state index is 0.730. The molecule has 0 saturated carbocycles. The summed E-state index contributed by atoms with van der Waals surface area (Å²) in [7, 11) is 0. The van der Waals surface area contributed by atoms with Crippen LogP contribution in [-0.4, -0.2) is 60.0 Å². The first-order valence-corrected chi connectivity index (χ1v) is 25.9. The summed E-state index contributed by atoms with van der Waals surface area (Å²) >= 11 is 0. The van der Waals surface area contributed by atoms with Gasteiger partial charge in [0, 0.05) is 38.6 Å². The van der Waals surface area contributed by atoms with Crippen LogP contribution in [0.4, 0.5) is 0 Å². The van der Waals surface area contributed by atoms with E-state index in [-0.39, 0.29) is 0 Å². The SMILES string of the molecule is CC(C)CCCCn1nncc1CCC(C)C.CC(C)CCCn1cc(CCC(C)C)nn1.CC(C)CCCn1nncc1CCC(C)C.CC(C)CCc1cn(CCC(C)C)nn1. The standard InChI is InChI=1S/C14H27N3.2C13H25N3.C12H23N3/c1-12(2)7-5-6-10-17-14(11-15-16-17)9-8-13(3)4;1-11(2)6-5-9-16-10-13(14-15-16)8-7-12(3)4;1-11(2)6-5-9-16-13(10-14-15-16)8-7-12(3)4;1-10(2)5-6-12-9-15(14-13-12)8-7-11(3)4/h11-13H,5-10H2,1-4H3;2*10-12H,5-9H2,1-4H3;9-11H,5-8H2,1-4H3. The molecule has 0 N–H and O–H groups in total. The first-order valence-electron chi connectivity index (χ1n) is 25.9. The molecule has 12 heteroatoms. The van der Waals surface area contributed by atoms with Gasteiger partial charge in [-0.3, -0.25) is 9.36 Å². The molecule has 4 rings (SSSR count). The van der Waals surface area contributed by atoms with Crippen molar-refractivity contribution in [3.05, 3.63) is 47.6 Å². The Morgan fingerprint density at radius 2 is 0.688 bits per heavy atom. The van der Waals surface area contributed by atoms with Crippen LogP contribution in [0.3, 0.4) is 0 Å². The Morgan fingerprint density at radius 1 is 0.344 bits per heavy atom. The highest BCUT2D eigenvalue weighted by molar-refractivity contribution is 4.95. The fourth-order valence-electron chi connectivity index (χ4n) is 6.71. The first kappa shape index (κ1) is 58.6. The van der Waals surface area contributed by atoms with Crippen molar-refractivity contribution in [1.82, 2.24) is 60.0 Å². The molecule has 0 unspecified atom stereocenters. The second-order valence-electron chi connectivity index (χ2n) is 21.7. The van der Waals surface area contributed by atoms with Crippen molar-refractivity contribution in [2.24, 2.45) is 47.3 Å². The fraction of sp³-hybridized carbons (Fsp3) is 0.846. The van der Waals surface area contributed by atoms with Crippen molar-refractivity contribution in [3.8, 4) is 0 Å². The zero-order chi connectivity index (χ0) is 47.9. The number of aromatic nitrogens is 12. The Hall–Kier alpha value is -3.44. The predicted molar refractivity (Wildman–Crippen MR) is 269 cm³/mol. The zero-order valence-electron chi connectivity index (χ0n) is 44.4. The van der Waals surface area contributed by atoms with Crippen LogP contribution in [0, 0.1) is 47.3 Å². The van der Waals surface area contributed by atoms with Crippen LogP contribution in [0.1, 0.15) is 211 Å². The monoisotopic (exact) mass is 893 g/mol. The third kappa shape index (κ3) is 31.4. The average Bonchev–Trinajstić information content (AvgIpc) is 4.05. The van der Waals surface area contributed by atoms with Gasteiger partial charge in [0.2, 0.25) is 0 Å². The molecule has 0 aliphatic rings. The summed E-state index contributed by atoms with van der Waals surface area (Å²) < 4.78 is 8.11. The Kier molecular flexibility index (Phi) is 31.9. The van der Waals surface area contributed by atoms with Crippen LogP contribution in [0.25, 0.3) is 0 Å². The van der Waals surface area contributed by atoms with Gasteiger partial charge < -0.3 is 0 Å². The van der Waals surface area contributed by atoms with Gasteiger partial charge in [-0.25, -0.2) is 9.36 Å². The van der Waals surface area contributed by atoms with Crippen molar-refractivity contribution >= 4 is 0 Å². The van der Waals surface area contributed by atoms with Crippen LogP contribution in [0.15, 0.2) is 24.8 Å². The number of rotatable bonds is 28. The van der Waals surface area contributed by atoms with Gasteiger partial charge in [-0.2, -0.15) is 0 Å². The van der Waals surface area contributed by atoms with E-state index in [1.54, 1.807) is 0 Å². The molecule has 0 saturated heterocycles. The molecule has 4 aromatic rings. The number of hydrogen-bond acceptors (Lipinski definition) is 8. The summed E-state index contributed by atoms with van der Waals surface area (Å²) in [6, 6.07) is 0. The number of aryl methyl sites for hydroxylation is 8. The Balaban J connectivity index is 0.000000427. The van der Waals surface area contributed by atoms with Crippen molar-refractivity contribution in [3.63, 3.8) is 0 Å². The maximum absolute atomic E-state index is 4.20. The first-order chi connectivity index (χ1) is 30.3. The van der Waals surface area contributed by atoms with Gasteiger partial charge in [-0.15, -0.1) is 20.4 Å². The highest BCUT2D eigenvalue weighted by Gasteiger charge is 2.08. The summed E-state index contributed by atoms with van der Waals surface area (Å²) in [4.78, 5) is 0. The fourth-order valence-corrected chi connectivity index (χ4v) is 6.71. The van der Waals surface area contributed by atoms with Crippen molar-refractivity contribution in [2.45, 2.75) is 240 Å². The molecule has 0 spiro atoms. The van der Waals surface area contributed by atoms with Crippen LogP contribution in [-0.2, 0) is 51.9 Å². The molecule has 0 fully saturated rings. The highest BCUT2D eigenvalue weighted by Crippen LogP contribution is 2.13. The number of unbranched alkanes of at least 4 members (excludes halogenated alkanes) is 1. The van der Waals surface area contributed by atoms with Gasteiger partial charge in [0.05, 0.1) is 35.2 Å². The van der Waals surface area contributed by atoms with Crippen LogP contribution in [0.2, 0.25) is 0 Å². The predicted octanol–water partition coefficient (Wildman–Crippen LogP) is 13.2. The topological polar surface area (TPSA) is 123 Å². The lowest BCUT2D eigenvalue weighted by Crippen LogP contribution is -2.07. The molecule has 0 atom stereocenters. The zero-order valence-corrected chi connectivity index (χ0v) is 44.4. The van der Waals surface area contributed by atoms with Gasteiger partial charge in [0.1, 0.15) is 0 Å². The molecule has 0 aliphatic carbocycles. The van der Waals surface area contributed by atoms with Crippen molar-refractivity contribution < 1.29 is 0 Å². The molecule has 368 valence electrons. The smallest absolute Gasteiger partial charge is 0.0827 e. The highest BCUT2D eigenvalue weighted by atomic mass is 15.4. The second kappa shape index (κ2) is 34.8. The van der Waals surface area contributed by atoms with E-state index in [2.05, 4.69) is 174 Å². The molecule has 0 aromatic carbocycles. The van der Waals surface area contributed by atoms with E-state index in [1.807, 2.05) is 21.8 Å². The third-order valence-corrected chi connectivity index (χ3v) is 11.1. The summed E-state index contributed by atoms with van der Waals surface area (Å²) in [5.41, 5.74) is 4.85. The second-order valence-corrected chi connectivity index (χ2v) is 21.7. The summed E-state index contributed by atoms with van der Waals surface area (Å²) in [6.07, 6.45) is 27.1. The third-order valence-electron chi connectivity index (χ3n) is 11.1. The van der Waals surface area contributed by atoms with Crippen LogP contribution >= 0.6 is 0 Å². The molecule has 0 aliphatic heterocycles. The van der Waals surface area contributed by atoms with E-state index in [1.165, 1.54) is 88.4 Å². The molecule has 4 aromatic heterocycles. The van der Waals surface area contributed by atoms with Crippen LogP contribution < -0.4 is 0 Å². The Morgan fingerprint density at radius 3 is 1.09 bits per heavy atom. The maximum atomic E-state index is 4.20. The number of hydrogen-bond donors (Lipinski definition) is 0. The molecular formula is C52H100N12. The Bertz CT molecular complexity index is 1610. The van der Waals surface area contributed by atoms with E-state index >= 15 is 0 Å². The summed E-state index contributed by atoms with van der Waals surface area (Å²) in [5.74, 6) is 6.08. The van der Waals surface area contributed by atoms with Gasteiger partial charge in [-0.05, 0) is 137 Å².